The molecule has 0 aromatic carbocycles. The van der Waals surface area contributed by atoms with Crippen LogP contribution >= 0.6 is 0 Å². The fourth-order valence-corrected chi connectivity index (χ4v) is 2.21. The van der Waals surface area contributed by atoms with Gasteiger partial charge in [-0.1, -0.05) is 6.92 Å². The van der Waals surface area contributed by atoms with E-state index in [4.69, 9.17) is 0 Å². The summed E-state index contributed by atoms with van der Waals surface area (Å²) in [4.78, 5) is 15.5. The summed E-state index contributed by atoms with van der Waals surface area (Å²) in [5.74, 6) is -0.516. The Morgan fingerprint density at radius 3 is 2.88 bits per heavy atom. The van der Waals surface area contributed by atoms with Crippen LogP contribution in [-0.2, 0) is 11.3 Å². The van der Waals surface area contributed by atoms with Gasteiger partial charge in [-0.2, -0.15) is 0 Å². The second-order valence-electron chi connectivity index (χ2n) is 4.32. The molecule has 0 radical (unpaired) electrons. The number of nitrogens with one attached hydrogen (secondary N) is 1. The van der Waals surface area contributed by atoms with Crippen molar-refractivity contribution in [1.82, 2.24) is 14.9 Å². The van der Waals surface area contributed by atoms with E-state index in [0.29, 0.717) is 13.1 Å². The molecular weight excluding hydrogens is 206 g/mol. The molecule has 0 saturated heterocycles. The molecule has 1 aliphatic rings. The highest BCUT2D eigenvalue weighted by molar-refractivity contribution is 5.79. The minimum Gasteiger partial charge on any atom is -0.480 e. The van der Waals surface area contributed by atoms with Crippen molar-refractivity contribution in [3.05, 3.63) is 18.7 Å². The van der Waals surface area contributed by atoms with Crippen LogP contribution < -0.4 is 5.32 Å². The Balaban J connectivity index is 2.21. The number of aliphatic carboxylic acids is 1. The Morgan fingerprint density at radius 1 is 1.69 bits per heavy atom. The van der Waals surface area contributed by atoms with Crippen LogP contribution in [0.25, 0.3) is 0 Å². The molecule has 5 nitrogen and oxygen atoms in total. The fourth-order valence-electron chi connectivity index (χ4n) is 2.21. The first kappa shape index (κ1) is 11.1. The monoisotopic (exact) mass is 223 g/mol. The van der Waals surface area contributed by atoms with Gasteiger partial charge in [0.25, 0.3) is 0 Å². The molecular formula is C11H17N3O2. The minimum atomic E-state index is -0.824. The molecule has 16 heavy (non-hydrogen) atoms. The van der Waals surface area contributed by atoms with E-state index < -0.39 is 11.5 Å². The van der Waals surface area contributed by atoms with Crippen molar-refractivity contribution in [2.45, 2.75) is 31.8 Å². The lowest BCUT2D eigenvalue weighted by atomic mass is 9.93. The molecule has 2 N–H and O–H groups in total. The maximum Gasteiger partial charge on any atom is 0.326 e. The molecule has 0 bridgehead atoms. The number of rotatable bonds is 6. The molecule has 1 fully saturated rings. The SMILES string of the molecule is CCNC(Cn1ccnc1)(C(=O)O)C1CC1. The Hall–Kier alpha value is -1.36. The molecule has 1 aliphatic carbocycles. The third-order valence-corrected chi connectivity index (χ3v) is 3.14. The normalized spacial score (nSPS) is 19.3. The van der Waals surface area contributed by atoms with Crippen molar-refractivity contribution in [2.24, 2.45) is 5.92 Å². The molecule has 2 rings (SSSR count). The largest absolute Gasteiger partial charge is 0.480 e. The van der Waals surface area contributed by atoms with Gasteiger partial charge in [0.2, 0.25) is 0 Å². The zero-order chi connectivity index (χ0) is 11.6. The lowest BCUT2D eigenvalue weighted by Crippen LogP contribution is -2.56. The zero-order valence-corrected chi connectivity index (χ0v) is 9.39. The van der Waals surface area contributed by atoms with Crippen molar-refractivity contribution >= 4 is 5.97 Å². The molecule has 0 spiro atoms. The highest BCUT2D eigenvalue weighted by atomic mass is 16.4. The molecule has 0 aliphatic heterocycles. The second kappa shape index (κ2) is 4.25. The van der Waals surface area contributed by atoms with Gasteiger partial charge in [0.15, 0.2) is 0 Å². The fraction of sp³-hybridized carbons (Fsp3) is 0.636. The van der Waals surface area contributed by atoms with Crippen LogP contribution in [0.4, 0.5) is 0 Å². The zero-order valence-electron chi connectivity index (χ0n) is 9.39. The number of nitrogens with zero attached hydrogens (tertiary/aromatic N) is 2. The molecule has 88 valence electrons. The van der Waals surface area contributed by atoms with Gasteiger partial charge in [-0.3, -0.25) is 4.79 Å². The topological polar surface area (TPSA) is 67.2 Å². The summed E-state index contributed by atoms with van der Waals surface area (Å²) >= 11 is 0. The molecule has 1 aromatic rings. The number of carboxylic acid groups (broad SMARTS) is 1. The number of carboxylic acids is 1. The molecule has 1 atom stereocenters. The van der Waals surface area contributed by atoms with Crippen LogP contribution in [0.2, 0.25) is 0 Å². The number of imidazole rings is 1. The number of carbonyl (C=O) groups is 1. The highest BCUT2D eigenvalue weighted by Gasteiger charge is 2.50. The van der Waals surface area contributed by atoms with Gasteiger partial charge in [0, 0.05) is 12.4 Å². The van der Waals surface area contributed by atoms with E-state index in [2.05, 4.69) is 10.3 Å². The summed E-state index contributed by atoms with van der Waals surface area (Å²) in [6.45, 7) is 3.05. The number of hydrogen-bond acceptors (Lipinski definition) is 3. The Morgan fingerprint density at radius 2 is 2.44 bits per heavy atom. The van der Waals surface area contributed by atoms with Crippen LogP contribution in [0.1, 0.15) is 19.8 Å². The second-order valence-corrected chi connectivity index (χ2v) is 4.32. The van der Waals surface area contributed by atoms with Crippen LogP contribution in [-0.4, -0.2) is 32.7 Å². The highest BCUT2D eigenvalue weighted by Crippen LogP contribution is 2.40. The lowest BCUT2D eigenvalue weighted by molar-refractivity contribution is -0.146. The Kier molecular flexibility index (Phi) is 2.96. The summed E-state index contributed by atoms with van der Waals surface area (Å²) in [6, 6.07) is 0. The molecule has 1 aromatic heterocycles. The molecule has 1 unspecified atom stereocenters. The first-order valence-corrected chi connectivity index (χ1v) is 5.63. The first-order chi connectivity index (χ1) is 7.69. The smallest absolute Gasteiger partial charge is 0.326 e. The Bertz CT molecular complexity index is 359. The summed E-state index contributed by atoms with van der Waals surface area (Å²) in [5, 5.41) is 12.6. The summed E-state index contributed by atoms with van der Waals surface area (Å²) in [5.41, 5.74) is -0.824. The summed E-state index contributed by atoms with van der Waals surface area (Å²) < 4.78 is 1.83. The third-order valence-electron chi connectivity index (χ3n) is 3.14. The number of hydrogen-bond donors (Lipinski definition) is 2. The summed E-state index contributed by atoms with van der Waals surface area (Å²) in [6.07, 6.45) is 7.13. The van der Waals surface area contributed by atoms with Crippen LogP contribution in [0.15, 0.2) is 18.7 Å². The summed E-state index contributed by atoms with van der Waals surface area (Å²) in [7, 11) is 0. The first-order valence-electron chi connectivity index (χ1n) is 5.63. The van der Waals surface area contributed by atoms with E-state index in [1.54, 1.807) is 18.7 Å². The van der Waals surface area contributed by atoms with Gasteiger partial charge in [0.05, 0.1) is 12.9 Å². The molecule has 1 heterocycles. The van der Waals surface area contributed by atoms with Gasteiger partial charge >= 0.3 is 5.97 Å². The van der Waals surface area contributed by atoms with Crippen molar-refractivity contribution in [1.29, 1.82) is 0 Å². The number of aromatic nitrogens is 2. The predicted octanol–water partition coefficient (Wildman–Crippen LogP) is 0.726. The van der Waals surface area contributed by atoms with Crippen molar-refractivity contribution in [3.63, 3.8) is 0 Å². The van der Waals surface area contributed by atoms with E-state index in [1.165, 1.54) is 0 Å². The molecule has 5 heteroatoms. The van der Waals surface area contributed by atoms with Gasteiger partial charge in [-0.15, -0.1) is 0 Å². The standard InChI is InChI=1S/C11H17N3O2/c1-2-13-11(10(15)16,9-3-4-9)7-14-6-5-12-8-14/h5-6,8-9,13H,2-4,7H2,1H3,(H,15,16). The quantitative estimate of drug-likeness (QED) is 0.746. The van der Waals surface area contributed by atoms with Gasteiger partial charge < -0.3 is 15.0 Å². The average molecular weight is 223 g/mol. The van der Waals surface area contributed by atoms with E-state index in [1.807, 2.05) is 11.5 Å². The van der Waals surface area contributed by atoms with E-state index in [0.717, 1.165) is 12.8 Å². The van der Waals surface area contributed by atoms with E-state index in [9.17, 15) is 9.90 Å². The van der Waals surface area contributed by atoms with Gasteiger partial charge in [0.1, 0.15) is 5.54 Å². The molecule has 0 amide bonds. The third kappa shape index (κ3) is 1.95. The van der Waals surface area contributed by atoms with Gasteiger partial charge in [-0.25, -0.2) is 4.98 Å². The predicted molar refractivity (Wildman–Crippen MR) is 59.0 cm³/mol. The van der Waals surface area contributed by atoms with Crippen molar-refractivity contribution in [2.75, 3.05) is 6.54 Å². The average Bonchev–Trinajstić information content (AvgIpc) is 2.98. The van der Waals surface area contributed by atoms with E-state index in [-0.39, 0.29) is 5.92 Å². The maximum atomic E-state index is 11.5. The number of likely N-dealkylation sites (N-methyl/N-ethyl adjacent to an activating group) is 1. The van der Waals surface area contributed by atoms with Crippen LogP contribution in [0, 0.1) is 5.92 Å². The minimum absolute atomic E-state index is 0.243. The van der Waals surface area contributed by atoms with Crippen molar-refractivity contribution in [3.8, 4) is 0 Å². The van der Waals surface area contributed by atoms with Gasteiger partial charge in [-0.05, 0) is 25.3 Å². The molecule has 1 saturated carbocycles. The van der Waals surface area contributed by atoms with Crippen LogP contribution in [0.3, 0.4) is 0 Å². The van der Waals surface area contributed by atoms with E-state index >= 15 is 0 Å². The van der Waals surface area contributed by atoms with Crippen LogP contribution in [0.5, 0.6) is 0 Å². The maximum absolute atomic E-state index is 11.5. The Labute approximate surface area is 94.5 Å². The lowest BCUT2D eigenvalue weighted by Gasteiger charge is -2.30. The van der Waals surface area contributed by atoms with Crippen molar-refractivity contribution < 1.29 is 9.90 Å².